The molecule has 1 aliphatic rings. The zero-order valence-electron chi connectivity index (χ0n) is 17.7. The SMILES string of the molecule is Cc1cccc(C(F)(F)CCN2C(=O)CC(=O)N(CCC(F)(F)c3cccc(F)c3)C2=O)c1. The van der Waals surface area contributed by atoms with Gasteiger partial charge >= 0.3 is 6.03 Å². The largest absolute Gasteiger partial charge is 0.333 e. The number of halogens is 5. The average Bonchev–Trinajstić information content (AvgIpc) is 2.73. The van der Waals surface area contributed by atoms with Crippen LogP contribution in [0.2, 0.25) is 0 Å². The number of benzene rings is 2. The number of nitrogens with zero attached hydrogens (tertiary/aromatic N) is 2. The third-order valence-electron chi connectivity index (χ3n) is 5.35. The van der Waals surface area contributed by atoms with Gasteiger partial charge in [-0.1, -0.05) is 42.0 Å². The molecule has 5 nitrogen and oxygen atoms in total. The number of imide groups is 2. The highest BCUT2D eigenvalue weighted by molar-refractivity contribution is 6.14. The minimum absolute atomic E-state index is 0.290. The van der Waals surface area contributed by atoms with Gasteiger partial charge in [-0.3, -0.25) is 19.4 Å². The molecule has 2 aromatic rings. The van der Waals surface area contributed by atoms with Gasteiger partial charge in [-0.25, -0.2) is 26.7 Å². The Morgan fingerprint density at radius 3 is 1.76 bits per heavy atom. The fourth-order valence-electron chi connectivity index (χ4n) is 3.50. The minimum Gasteiger partial charge on any atom is -0.274 e. The summed E-state index contributed by atoms with van der Waals surface area (Å²) in [6.07, 6.45) is -2.71. The number of alkyl halides is 4. The van der Waals surface area contributed by atoms with Crippen LogP contribution in [0, 0.1) is 12.7 Å². The van der Waals surface area contributed by atoms with Gasteiger partial charge in [0.2, 0.25) is 11.8 Å². The first-order chi connectivity index (χ1) is 15.4. The molecule has 0 aliphatic carbocycles. The molecule has 0 spiro atoms. The van der Waals surface area contributed by atoms with Crippen molar-refractivity contribution in [3.8, 4) is 0 Å². The van der Waals surface area contributed by atoms with Gasteiger partial charge in [-0.15, -0.1) is 0 Å². The second-order valence-corrected chi connectivity index (χ2v) is 7.84. The van der Waals surface area contributed by atoms with E-state index in [1.54, 1.807) is 13.0 Å². The van der Waals surface area contributed by atoms with Gasteiger partial charge in [-0.05, 0) is 19.1 Å². The quantitative estimate of drug-likeness (QED) is 0.406. The Labute approximate surface area is 186 Å². The second-order valence-electron chi connectivity index (χ2n) is 7.84. The first kappa shape index (κ1) is 24.3. The van der Waals surface area contributed by atoms with Crippen LogP contribution < -0.4 is 0 Å². The molecule has 3 rings (SSSR count). The maximum atomic E-state index is 14.6. The highest BCUT2D eigenvalue weighted by atomic mass is 19.3. The van der Waals surface area contributed by atoms with Crippen molar-refractivity contribution >= 4 is 17.8 Å². The van der Waals surface area contributed by atoms with E-state index in [1.165, 1.54) is 18.2 Å². The lowest BCUT2D eigenvalue weighted by molar-refractivity contribution is -0.143. The number of urea groups is 1. The summed E-state index contributed by atoms with van der Waals surface area (Å²) in [4.78, 5) is 37.8. The van der Waals surface area contributed by atoms with Crippen LogP contribution >= 0.6 is 0 Å². The molecular formula is C23H21F5N2O3. The van der Waals surface area contributed by atoms with E-state index in [1.807, 2.05) is 0 Å². The van der Waals surface area contributed by atoms with Gasteiger partial charge in [0, 0.05) is 37.1 Å². The third-order valence-corrected chi connectivity index (χ3v) is 5.35. The molecule has 0 bridgehead atoms. The van der Waals surface area contributed by atoms with E-state index >= 15 is 0 Å². The van der Waals surface area contributed by atoms with Crippen molar-refractivity contribution in [2.24, 2.45) is 0 Å². The number of barbiturate groups is 1. The van der Waals surface area contributed by atoms with Crippen LogP contribution in [0.5, 0.6) is 0 Å². The molecule has 10 heteroatoms. The zero-order valence-corrected chi connectivity index (χ0v) is 17.7. The van der Waals surface area contributed by atoms with Crippen molar-refractivity contribution in [2.45, 2.75) is 38.0 Å². The molecule has 1 fully saturated rings. The van der Waals surface area contributed by atoms with Gasteiger partial charge in [0.05, 0.1) is 0 Å². The van der Waals surface area contributed by atoms with E-state index in [0.29, 0.717) is 21.4 Å². The van der Waals surface area contributed by atoms with Crippen molar-refractivity contribution in [2.75, 3.05) is 13.1 Å². The molecule has 0 saturated carbocycles. The second kappa shape index (κ2) is 9.29. The highest BCUT2D eigenvalue weighted by Gasteiger charge is 2.42. The zero-order chi connectivity index (χ0) is 24.4. The molecule has 0 atom stereocenters. The Morgan fingerprint density at radius 1 is 0.788 bits per heavy atom. The molecule has 1 heterocycles. The summed E-state index contributed by atoms with van der Waals surface area (Å²) in [6, 6.07) is 8.11. The van der Waals surface area contributed by atoms with Crippen molar-refractivity contribution in [3.63, 3.8) is 0 Å². The van der Waals surface area contributed by atoms with Crippen LogP contribution in [0.3, 0.4) is 0 Å². The number of hydrogen-bond donors (Lipinski definition) is 0. The topological polar surface area (TPSA) is 57.7 Å². The summed E-state index contributed by atoms with van der Waals surface area (Å²) < 4.78 is 71.3. The first-order valence-electron chi connectivity index (χ1n) is 10.1. The number of aryl methyl sites for hydroxylation is 1. The van der Waals surface area contributed by atoms with Gasteiger partial charge in [0.15, 0.2) is 0 Å². The molecule has 0 N–H and O–H groups in total. The molecule has 2 aromatic carbocycles. The third kappa shape index (κ3) is 5.55. The standard InChI is InChI=1S/C23H21F5N2O3/c1-15-4-2-5-16(12-15)22(25,26)8-10-29-19(31)14-20(32)30(21(29)33)11-9-23(27,28)17-6-3-7-18(24)13-17/h2-7,12-13H,8-11,14H2,1H3. The van der Waals surface area contributed by atoms with Crippen LogP contribution in [0.15, 0.2) is 48.5 Å². The van der Waals surface area contributed by atoms with Gasteiger partial charge in [0.25, 0.3) is 11.8 Å². The van der Waals surface area contributed by atoms with Gasteiger partial charge < -0.3 is 0 Å². The summed E-state index contributed by atoms with van der Waals surface area (Å²) >= 11 is 0. The first-order valence-corrected chi connectivity index (χ1v) is 10.1. The summed E-state index contributed by atoms with van der Waals surface area (Å²) in [7, 11) is 0. The van der Waals surface area contributed by atoms with Crippen LogP contribution in [-0.4, -0.2) is 40.7 Å². The average molecular weight is 468 g/mol. The normalized spacial score (nSPS) is 15.4. The Bertz CT molecular complexity index is 992. The monoisotopic (exact) mass is 468 g/mol. The Morgan fingerprint density at radius 2 is 1.27 bits per heavy atom. The Balaban J connectivity index is 1.69. The van der Waals surface area contributed by atoms with E-state index in [4.69, 9.17) is 0 Å². The number of carbonyl (C=O) groups is 3. The van der Waals surface area contributed by atoms with Gasteiger partial charge in [0.1, 0.15) is 12.2 Å². The van der Waals surface area contributed by atoms with E-state index in [0.717, 1.165) is 18.2 Å². The molecule has 1 saturated heterocycles. The summed E-state index contributed by atoms with van der Waals surface area (Å²) in [5, 5.41) is 0. The molecule has 33 heavy (non-hydrogen) atoms. The maximum Gasteiger partial charge on any atom is 0.333 e. The van der Waals surface area contributed by atoms with E-state index in [9.17, 15) is 36.3 Å². The molecular weight excluding hydrogens is 447 g/mol. The molecule has 0 radical (unpaired) electrons. The van der Waals surface area contributed by atoms with E-state index in [2.05, 4.69) is 0 Å². The summed E-state index contributed by atoms with van der Waals surface area (Å²) in [6.45, 7) is 0.183. The summed E-state index contributed by atoms with van der Waals surface area (Å²) in [5.41, 5.74) is -0.319. The highest BCUT2D eigenvalue weighted by Crippen LogP contribution is 2.34. The van der Waals surface area contributed by atoms with Crippen molar-refractivity contribution in [1.82, 2.24) is 9.80 Å². The smallest absolute Gasteiger partial charge is 0.274 e. The van der Waals surface area contributed by atoms with Crippen LogP contribution in [-0.2, 0) is 21.4 Å². The molecule has 176 valence electrons. The Kier molecular flexibility index (Phi) is 6.85. The van der Waals surface area contributed by atoms with Crippen molar-refractivity contribution in [3.05, 3.63) is 71.0 Å². The fraction of sp³-hybridized carbons (Fsp3) is 0.348. The molecule has 0 aromatic heterocycles. The molecule has 0 unspecified atom stereocenters. The predicted molar refractivity (Wildman–Crippen MR) is 108 cm³/mol. The summed E-state index contributed by atoms with van der Waals surface area (Å²) in [5.74, 6) is -9.76. The fourth-order valence-corrected chi connectivity index (χ4v) is 3.50. The minimum atomic E-state index is -3.56. The van der Waals surface area contributed by atoms with E-state index in [-0.39, 0.29) is 5.56 Å². The lowest BCUT2D eigenvalue weighted by Crippen LogP contribution is -2.56. The maximum absolute atomic E-state index is 14.6. The number of hydrogen-bond acceptors (Lipinski definition) is 3. The lowest BCUT2D eigenvalue weighted by atomic mass is 10.0. The number of carbonyl (C=O) groups excluding carboxylic acids is 3. The van der Waals surface area contributed by atoms with Crippen LogP contribution in [0.1, 0.15) is 36.0 Å². The number of rotatable bonds is 8. The molecule has 1 aliphatic heterocycles. The lowest BCUT2D eigenvalue weighted by Gasteiger charge is -2.34. The van der Waals surface area contributed by atoms with Crippen LogP contribution in [0.4, 0.5) is 26.7 Å². The van der Waals surface area contributed by atoms with Crippen molar-refractivity contribution in [1.29, 1.82) is 0 Å². The van der Waals surface area contributed by atoms with Crippen molar-refractivity contribution < 1.29 is 36.3 Å². The van der Waals surface area contributed by atoms with Crippen LogP contribution in [0.25, 0.3) is 0 Å². The van der Waals surface area contributed by atoms with E-state index < -0.39 is 73.4 Å². The van der Waals surface area contributed by atoms with Gasteiger partial charge in [-0.2, -0.15) is 0 Å². The Hall–Kier alpha value is -3.30. The predicted octanol–water partition coefficient (Wildman–Crippen LogP) is 4.98. The number of amides is 4. The molecule has 4 amide bonds.